The molecule has 1 aliphatic heterocycles. The molecular formula is C13H17FN2O4S. The van der Waals surface area contributed by atoms with Crippen molar-refractivity contribution in [2.45, 2.75) is 17.7 Å². The third kappa shape index (κ3) is 3.01. The average Bonchev–Trinajstić information content (AvgIpc) is 2.49. The molecule has 8 heteroatoms. The van der Waals surface area contributed by atoms with Crippen molar-refractivity contribution < 1.29 is 22.3 Å². The second-order valence-electron chi connectivity index (χ2n) is 4.88. The normalized spacial score (nSPS) is 20.2. The van der Waals surface area contributed by atoms with Gasteiger partial charge in [0.25, 0.3) is 0 Å². The van der Waals surface area contributed by atoms with Crippen LogP contribution in [0.1, 0.15) is 12.8 Å². The van der Waals surface area contributed by atoms with Crippen LogP contribution >= 0.6 is 0 Å². The van der Waals surface area contributed by atoms with Gasteiger partial charge in [0.15, 0.2) is 0 Å². The van der Waals surface area contributed by atoms with Gasteiger partial charge in [0.2, 0.25) is 10.0 Å². The van der Waals surface area contributed by atoms with Crippen LogP contribution in [0.5, 0.6) is 0 Å². The summed E-state index contributed by atoms with van der Waals surface area (Å²) in [6.45, 7) is 0.288. The van der Waals surface area contributed by atoms with E-state index in [9.17, 15) is 17.6 Å². The molecule has 2 rings (SSSR count). The highest BCUT2D eigenvalue weighted by Gasteiger charge is 2.35. The molecule has 0 aliphatic carbocycles. The van der Waals surface area contributed by atoms with Crippen molar-refractivity contribution in [1.82, 2.24) is 4.31 Å². The molecule has 0 spiro atoms. The third-order valence-corrected chi connectivity index (χ3v) is 5.47. The third-order valence-electron chi connectivity index (χ3n) is 3.55. The van der Waals surface area contributed by atoms with Crippen LogP contribution in [0.3, 0.4) is 0 Å². The van der Waals surface area contributed by atoms with Gasteiger partial charge in [-0.1, -0.05) is 6.07 Å². The number of nitrogen functional groups attached to an aromatic ring is 1. The van der Waals surface area contributed by atoms with E-state index in [1.807, 2.05) is 0 Å². The van der Waals surface area contributed by atoms with Crippen molar-refractivity contribution in [3.8, 4) is 0 Å². The van der Waals surface area contributed by atoms with Crippen LogP contribution in [-0.4, -0.2) is 38.9 Å². The average molecular weight is 316 g/mol. The lowest BCUT2D eigenvalue weighted by atomic mass is 10.0. The number of hydrogen-bond acceptors (Lipinski definition) is 5. The molecule has 1 fully saturated rings. The van der Waals surface area contributed by atoms with Gasteiger partial charge < -0.3 is 10.5 Å². The zero-order valence-electron chi connectivity index (χ0n) is 11.6. The van der Waals surface area contributed by atoms with Gasteiger partial charge >= 0.3 is 5.97 Å². The highest BCUT2D eigenvalue weighted by atomic mass is 32.2. The number of hydrogen-bond donors (Lipinski definition) is 1. The summed E-state index contributed by atoms with van der Waals surface area (Å²) in [6.07, 6.45) is 1.10. The van der Waals surface area contributed by atoms with Crippen LogP contribution in [0.2, 0.25) is 0 Å². The maximum Gasteiger partial charge on any atom is 0.309 e. The van der Waals surface area contributed by atoms with Crippen molar-refractivity contribution in [2.75, 3.05) is 25.9 Å². The number of rotatable bonds is 3. The van der Waals surface area contributed by atoms with Crippen molar-refractivity contribution in [3.63, 3.8) is 0 Å². The van der Waals surface area contributed by atoms with Crippen molar-refractivity contribution in [3.05, 3.63) is 24.0 Å². The number of carbonyl (C=O) groups is 1. The Balaban J connectivity index is 2.31. The van der Waals surface area contributed by atoms with Crippen molar-refractivity contribution in [2.24, 2.45) is 5.92 Å². The molecule has 1 unspecified atom stereocenters. The van der Waals surface area contributed by atoms with Crippen molar-refractivity contribution in [1.29, 1.82) is 0 Å². The van der Waals surface area contributed by atoms with E-state index in [0.29, 0.717) is 12.8 Å². The fraction of sp³-hybridized carbons (Fsp3) is 0.462. The predicted octanol–water partition coefficient (Wildman–Crippen LogP) is 0.982. The van der Waals surface area contributed by atoms with Crippen LogP contribution in [0.15, 0.2) is 23.1 Å². The molecule has 0 amide bonds. The molecule has 1 aromatic carbocycles. The van der Waals surface area contributed by atoms with E-state index < -0.39 is 33.4 Å². The van der Waals surface area contributed by atoms with Crippen LogP contribution in [0.4, 0.5) is 10.1 Å². The number of anilines is 1. The van der Waals surface area contributed by atoms with Gasteiger partial charge in [-0.25, -0.2) is 12.8 Å². The summed E-state index contributed by atoms with van der Waals surface area (Å²) >= 11 is 0. The molecule has 116 valence electrons. The Morgan fingerprint density at radius 2 is 2.19 bits per heavy atom. The standard InChI is InChI=1S/C13H17FN2O4S/c1-20-13(17)9-4-3-7-16(8-9)21(18,19)11-6-2-5-10(14)12(11)15/h2,5-6,9H,3-4,7-8,15H2,1H3. The van der Waals surface area contributed by atoms with Crippen LogP contribution < -0.4 is 5.73 Å². The zero-order valence-corrected chi connectivity index (χ0v) is 12.4. The number of ether oxygens (including phenoxy) is 1. The fourth-order valence-corrected chi connectivity index (χ4v) is 4.05. The number of methoxy groups -OCH3 is 1. The quantitative estimate of drug-likeness (QED) is 0.663. The van der Waals surface area contributed by atoms with Gasteiger partial charge in [-0.15, -0.1) is 0 Å². The maximum atomic E-state index is 13.5. The highest BCUT2D eigenvalue weighted by molar-refractivity contribution is 7.89. The summed E-state index contributed by atoms with van der Waals surface area (Å²) in [7, 11) is -2.67. The number of sulfonamides is 1. The van der Waals surface area contributed by atoms with Gasteiger partial charge in [0, 0.05) is 13.1 Å². The number of halogens is 1. The summed E-state index contributed by atoms with van der Waals surface area (Å²) in [5, 5.41) is 0. The van der Waals surface area contributed by atoms with Crippen LogP contribution in [0, 0.1) is 11.7 Å². The predicted molar refractivity (Wildman–Crippen MR) is 74.3 cm³/mol. The number of nitrogens with zero attached hydrogens (tertiary/aromatic N) is 1. The first-order valence-corrected chi connectivity index (χ1v) is 7.94. The second-order valence-corrected chi connectivity index (χ2v) is 6.78. The fourth-order valence-electron chi connectivity index (χ4n) is 2.40. The minimum absolute atomic E-state index is 0.0188. The van der Waals surface area contributed by atoms with E-state index in [4.69, 9.17) is 5.73 Å². The van der Waals surface area contributed by atoms with E-state index in [-0.39, 0.29) is 18.0 Å². The first kappa shape index (κ1) is 15.7. The first-order chi connectivity index (χ1) is 9.87. The Morgan fingerprint density at radius 1 is 1.48 bits per heavy atom. The number of benzene rings is 1. The largest absolute Gasteiger partial charge is 0.469 e. The molecule has 0 radical (unpaired) electrons. The van der Waals surface area contributed by atoms with Gasteiger partial charge in [-0.3, -0.25) is 4.79 Å². The molecule has 1 saturated heterocycles. The van der Waals surface area contributed by atoms with E-state index in [2.05, 4.69) is 4.74 Å². The Labute approximate surface area is 122 Å². The Morgan fingerprint density at radius 3 is 2.86 bits per heavy atom. The second kappa shape index (κ2) is 5.98. The molecule has 21 heavy (non-hydrogen) atoms. The molecule has 0 aromatic heterocycles. The number of carbonyl (C=O) groups excluding carboxylic acids is 1. The summed E-state index contributed by atoms with van der Waals surface area (Å²) in [6, 6.07) is 3.65. The summed E-state index contributed by atoms with van der Waals surface area (Å²) in [4.78, 5) is 11.3. The lowest BCUT2D eigenvalue weighted by Gasteiger charge is -2.30. The van der Waals surface area contributed by atoms with Gasteiger partial charge in [0.05, 0.1) is 18.7 Å². The molecule has 1 heterocycles. The van der Waals surface area contributed by atoms with Gasteiger partial charge in [-0.05, 0) is 25.0 Å². The van der Waals surface area contributed by atoms with E-state index in [1.54, 1.807) is 0 Å². The lowest BCUT2D eigenvalue weighted by molar-refractivity contribution is -0.146. The zero-order chi connectivity index (χ0) is 15.6. The molecule has 1 atom stereocenters. The first-order valence-electron chi connectivity index (χ1n) is 6.50. The smallest absolute Gasteiger partial charge is 0.309 e. The number of nitrogens with two attached hydrogens (primary N) is 1. The topological polar surface area (TPSA) is 89.7 Å². The summed E-state index contributed by atoms with van der Waals surface area (Å²) < 4.78 is 44.4. The molecular weight excluding hydrogens is 299 g/mol. The molecule has 2 N–H and O–H groups in total. The number of piperidine rings is 1. The monoisotopic (exact) mass is 316 g/mol. The molecule has 6 nitrogen and oxygen atoms in total. The summed E-state index contributed by atoms with van der Waals surface area (Å²) in [5.74, 6) is -1.73. The summed E-state index contributed by atoms with van der Waals surface area (Å²) in [5.41, 5.74) is 5.12. The Kier molecular flexibility index (Phi) is 4.48. The minimum Gasteiger partial charge on any atom is -0.469 e. The molecule has 1 aromatic rings. The number of esters is 1. The highest BCUT2D eigenvalue weighted by Crippen LogP contribution is 2.28. The van der Waals surface area contributed by atoms with Crippen molar-refractivity contribution >= 4 is 21.7 Å². The van der Waals surface area contributed by atoms with Crippen LogP contribution in [0.25, 0.3) is 0 Å². The van der Waals surface area contributed by atoms with Gasteiger partial charge in [-0.2, -0.15) is 4.31 Å². The minimum atomic E-state index is -3.93. The number of para-hydroxylation sites is 1. The molecule has 1 aliphatic rings. The van der Waals surface area contributed by atoms with E-state index >= 15 is 0 Å². The van der Waals surface area contributed by atoms with E-state index in [0.717, 1.165) is 10.4 Å². The molecule has 0 bridgehead atoms. The Hall–Kier alpha value is -1.67. The van der Waals surface area contributed by atoms with Crippen LogP contribution in [-0.2, 0) is 19.6 Å². The Bertz CT molecular complexity index is 648. The van der Waals surface area contributed by atoms with Gasteiger partial charge in [0.1, 0.15) is 10.7 Å². The maximum absolute atomic E-state index is 13.5. The van der Waals surface area contributed by atoms with E-state index in [1.165, 1.54) is 19.2 Å². The molecule has 0 saturated carbocycles. The lowest BCUT2D eigenvalue weighted by Crippen LogP contribution is -2.42. The SMILES string of the molecule is COC(=O)C1CCCN(S(=O)(=O)c2cccc(F)c2N)C1.